The molecule has 18 heavy (non-hydrogen) atoms. The second-order valence-electron chi connectivity index (χ2n) is 6.72. The number of likely N-dealkylation sites (N-methyl/N-ethyl adjacent to an activating group) is 2. The third-order valence-corrected chi connectivity index (χ3v) is 5.01. The Balaban J connectivity index is 2.00. The first-order valence-electron chi connectivity index (χ1n) is 7.73. The van der Waals surface area contributed by atoms with Gasteiger partial charge < -0.3 is 5.32 Å². The topological polar surface area (TPSA) is 18.5 Å². The number of nitrogens with zero attached hydrogens (tertiary/aromatic N) is 2. The van der Waals surface area contributed by atoms with E-state index < -0.39 is 0 Å². The van der Waals surface area contributed by atoms with E-state index in [0.29, 0.717) is 5.54 Å². The second-order valence-corrected chi connectivity index (χ2v) is 6.72. The average Bonchev–Trinajstić information content (AvgIpc) is 2.34. The summed E-state index contributed by atoms with van der Waals surface area (Å²) >= 11 is 0. The van der Waals surface area contributed by atoms with Crippen molar-refractivity contribution in [3.63, 3.8) is 0 Å². The minimum absolute atomic E-state index is 0.326. The van der Waals surface area contributed by atoms with E-state index >= 15 is 0 Å². The van der Waals surface area contributed by atoms with Gasteiger partial charge in [0.25, 0.3) is 0 Å². The van der Waals surface area contributed by atoms with Gasteiger partial charge in [0.05, 0.1) is 0 Å². The fourth-order valence-corrected chi connectivity index (χ4v) is 3.61. The van der Waals surface area contributed by atoms with Crippen molar-refractivity contribution in [3.8, 4) is 0 Å². The molecule has 106 valence electrons. The third-order valence-electron chi connectivity index (χ3n) is 5.01. The first-order chi connectivity index (χ1) is 8.54. The highest BCUT2D eigenvalue weighted by Gasteiger charge is 2.37. The lowest BCUT2D eigenvalue weighted by Crippen LogP contribution is -2.63. The zero-order valence-corrected chi connectivity index (χ0v) is 12.7. The molecule has 2 rings (SSSR count). The van der Waals surface area contributed by atoms with Crippen LogP contribution in [-0.2, 0) is 0 Å². The van der Waals surface area contributed by atoms with Gasteiger partial charge in [0.15, 0.2) is 0 Å². The highest BCUT2D eigenvalue weighted by Crippen LogP contribution is 2.28. The predicted molar refractivity (Wildman–Crippen MR) is 78.0 cm³/mol. The Morgan fingerprint density at radius 1 is 1.17 bits per heavy atom. The van der Waals surface area contributed by atoms with Crippen LogP contribution in [0.1, 0.15) is 46.5 Å². The normalized spacial score (nSPS) is 34.7. The zero-order valence-electron chi connectivity index (χ0n) is 12.7. The molecule has 2 atom stereocenters. The maximum absolute atomic E-state index is 3.72. The van der Waals surface area contributed by atoms with Gasteiger partial charge in [-0.3, -0.25) is 9.80 Å². The molecule has 0 bridgehead atoms. The zero-order chi connectivity index (χ0) is 13.2. The Kier molecular flexibility index (Phi) is 4.68. The largest absolute Gasteiger partial charge is 0.313 e. The molecular weight excluding hydrogens is 222 g/mol. The summed E-state index contributed by atoms with van der Waals surface area (Å²) in [5, 5.41) is 3.72. The highest BCUT2D eigenvalue weighted by molar-refractivity contribution is 4.95. The summed E-state index contributed by atoms with van der Waals surface area (Å²) < 4.78 is 0. The molecule has 0 aromatic heterocycles. The van der Waals surface area contributed by atoms with E-state index in [4.69, 9.17) is 0 Å². The monoisotopic (exact) mass is 253 g/mol. The number of rotatable bonds is 3. The minimum atomic E-state index is 0.326. The van der Waals surface area contributed by atoms with E-state index in [-0.39, 0.29) is 0 Å². The molecule has 0 radical (unpaired) electrons. The molecule has 0 amide bonds. The van der Waals surface area contributed by atoms with Crippen LogP contribution in [0.15, 0.2) is 0 Å². The summed E-state index contributed by atoms with van der Waals surface area (Å²) in [4.78, 5) is 5.26. The van der Waals surface area contributed by atoms with E-state index in [9.17, 15) is 0 Å². The molecule has 1 heterocycles. The Morgan fingerprint density at radius 2 is 1.89 bits per heavy atom. The predicted octanol–water partition coefficient (Wildman–Crippen LogP) is 1.93. The van der Waals surface area contributed by atoms with Crippen LogP contribution in [0.25, 0.3) is 0 Å². The van der Waals surface area contributed by atoms with Gasteiger partial charge in [-0.1, -0.05) is 19.8 Å². The Labute approximate surface area is 113 Å². The number of hydrogen-bond donors (Lipinski definition) is 1. The Hall–Kier alpha value is -0.120. The lowest BCUT2D eigenvalue weighted by Gasteiger charge is -2.50. The molecule has 3 heteroatoms. The van der Waals surface area contributed by atoms with Crippen molar-refractivity contribution >= 4 is 0 Å². The lowest BCUT2D eigenvalue weighted by atomic mass is 9.87. The van der Waals surface area contributed by atoms with E-state index in [2.05, 4.69) is 42.9 Å². The smallest absolute Gasteiger partial charge is 0.0277 e. The molecule has 0 aromatic rings. The molecule has 2 fully saturated rings. The Bertz CT molecular complexity index is 262. The van der Waals surface area contributed by atoms with Gasteiger partial charge in [-0.25, -0.2) is 0 Å². The van der Waals surface area contributed by atoms with E-state index in [1.165, 1.54) is 45.3 Å². The first-order valence-corrected chi connectivity index (χ1v) is 7.73. The summed E-state index contributed by atoms with van der Waals surface area (Å²) in [6.07, 6.45) is 5.58. The molecule has 1 saturated carbocycles. The molecule has 1 aliphatic heterocycles. The fourth-order valence-electron chi connectivity index (χ4n) is 3.61. The maximum Gasteiger partial charge on any atom is 0.0277 e. The average molecular weight is 253 g/mol. The van der Waals surface area contributed by atoms with Crippen LogP contribution in [0.4, 0.5) is 0 Å². The molecular formula is C15H31N3. The van der Waals surface area contributed by atoms with E-state index in [1.54, 1.807) is 0 Å². The van der Waals surface area contributed by atoms with Gasteiger partial charge in [-0.05, 0) is 40.3 Å². The van der Waals surface area contributed by atoms with Crippen molar-refractivity contribution in [2.75, 3.05) is 33.2 Å². The molecule has 2 unspecified atom stereocenters. The van der Waals surface area contributed by atoms with Gasteiger partial charge in [0.2, 0.25) is 0 Å². The summed E-state index contributed by atoms with van der Waals surface area (Å²) in [5.41, 5.74) is 0.326. The van der Waals surface area contributed by atoms with Crippen molar-refractivity contribution in [3.05, 3.63) is 0 Å². The number of hydrogen-bond acceptors (Lipinski definition) is 3. The number of piperazine rings is 1. The second kappa shape index (κ2) is 5.89. The summed E-state index contributed by atoms with van der Waals surface area (Å²) in [6, 6.07) is 1.50. The molecule has 0 aromatic carbocycles. The van der Waals surface area contributed by atoms with Gasteiger partial charge in [-0.2, -0.15) is 0 Å². The highest BCUT2D eigenvalue weighted by atomic mass is 15.3. The third kappa shape index (κ3) is 3.06. The molecule has 1 aliphatic carbocycles. The summed E-state index contributed by atoms with van der Waals surface area (Å²) in [5.74, 6) is 0. The number of nitrogens with one attached hydrogen (secondary N) is 1. The van der Waals surface area contributed by atoms with Crippen LogP contribution >= 0.6 is 0 Å². The molecule has 1 saturated heterocycles. The standard InChI is InChI=1S/C15H31N3/c1-5-16-13-8-6-7-9-14(13)18-11-10-17(4)15(2,3)12-18/h13-14,16H,5-12H2,1-4H3. The van der Waals surface area contributed by atoms with Crippen molar-refractivity contribution in [1.82, 2.24) is 15.1 Å². The quantitative estimate of drug-likeness (QED) is 0.829. The van der Waals surface area contributed by atoms with E-state index in [1.807, 2.05) is 0 Å². The van der Waals surface area contributed by atoms with Crippen LogP contribution in [0.5, 0.6) is 0 Å². The van der Waals surface area contributed by atoms with Crippen molar-refractivity contribution < 1.29 is 0 Å². The molecule has 1 N–H and O–H groups in total. The summed E-state index contributed by atoms with van der Waals surface area (Å²) in [6.45, 7) is 11.8. The van der Waals surface area contributed by atoms with Gasteiger partial charge in [0, 0.05) is 37.3 Å². The fraction of sp³-hybridized carbons (Fsp3) is 1.00. The van der Waals surface area contributed by atoms with Crippen molar-refractivity contribution in [2.45, 2.75) is 64.1 Å². The lowest BCUT2D eigenvalue weighted by molar-refractivity contribution is -0.00127. The Morgan fingerprint density at radius 3 is 2.56 bits per heavy atom. The minimum Gasteiger partial charge on any atom is -0.313 e. The van der Waals surface area contributed by atoms with Gasteiger partial charge >= 0.3 is 0 Å². The molecule has 2 aliphatic rings. The van der Waals surface area contributed by atoms with Crippen molar-refractivity contribution in [1.29, 1.82) is 0 Å². The maximum atomic E-state index is 3.72. The van der Waals surface area contributed by atoms with E-state index in [0.717, 1.165) is 18.6 Å². The summed E-state index contributed by atoms with van der Waals surface area (Å²) in [7, 11) is 2.26. The SMILES string of the molecule is CCNC1CCCCC1N1CCN(C)C(C)(C)C1. The van der Waals surface area contributed by atoms with Crippen LogP contribution in [0, 0.1) is 0 Å². The van der Waals surface area contributed by atoms with Crippen LogP contribution in [0.2, 0.25) is 0 Å². The van der Waals surface area contributed by atoms with Crippen LogP contribution in [-0.4, -0.2) is 60.6 Å². The van der Waals surface area contributed by atoms with Crippen LogP contribution in [0.3, 0.4) is 0 Å². The van der Waals surface area contributed by atoms with Crippen molar-refractivity contribution in [2.24, 2.45) is 0 Å². The first kappa shape index (κ1) is 14.3. The molecule has 3 nitrogen and oxygen atoms in total. The van der Waals surface area contributed by atoms with Crippen LogP contribution < -0.4 is 5.32 Å². The van der Waals surface area contributed by atoms with Gasteiger partial charge in [0.1, 0.15) is 0 Å². The van der Waals surface area contributed by atoms with Gasteiger partial charge in [-0.15, -0.1) is 0 Å². The molecule has 0 spiro atoms.